The molecule has 0 spiro atoms. The highest BCUT2D eigenvalue weighted by atomic mass is 16.1. The van der Waals surface area contributed by atoms with Crippen LogP contribution in [-0.4, -0.2) is 22.4 Å². The van der Waals surface area contributed by atoms with Gasteiger partial charge < -0.3 is 16.0 Å². The number of anilines is 4. The van der Waals surface area contributed by atoms with E-state index in [-0.39, 0.29) is 5.91 Å². The van der Waals surface area contributed by atoms with Gasteiger partial charge in [0.15, 0.2) is 0 Å². The van der Waals surface area contributed by atoms with E-state index in [1.54, 1.807) is 6.20 Å². The van der Waals surface area contributed by atoms with Crippen molar-refractivity contribution in [2.75, 3.05) is 22.5 Å². The third kappa shape index (κ3) is 6.64. The fourth-order valence-electron chi connectivity index (χ4n) is 1.83. The highest BCUT2D eigenvalue weighted by Gasteiger charge is 2.05. The number of hydrogen-bond donors (Lipinski definition) is 3. The number of rotatable bonds is 5. The summed E-state index contributed by atoms with van der Waals surface area (Å²) >= 11 is 0. The molecule has 0 bridgehead atoms. The molecule has 1 amide bonds. The molecule has 1 heterocycles. The van der Waals surface area contributed by atoms with Crippen LogP contribution in [0.3, 0.4) is 0 Å². The lowest BCUT2D eigenvalue weighted by Gasteiger charge is -2.11. The molecule has 3 N–H and O–H groups in total. The summed E-state index contributed by atoms with van der Waals surface area (Å²) in [5.74, 6) is 1.23. The number of amides is 1. The van der Waals surface area contributed by atoms with Crippen molar-refractivity contribution >= 4 is 29.0 Å². The van der Waals surface area contributed by atoms with Crippen LogP contribution in [0, 0.1) is 6.92 Å². The summed E-state index contributed by atoms with van der Waals surface area (Å²) in [6.07, 6.45) is 3.02. The van der Waals surface area contributed by atoms with Crippen molar-refractivity contribution in [3.05, 3.63) is 36.0 Å². The van der Waals surface area contributed by atoms with E-state index in [2.05, 4.69) is 39.8 Å². The van der Waals surface area contributed by atoms with Crippen molar-refractivity contribution in [3.63, 3.8) is 0 Å². The van der Waals surface area contributed by atoms with Crippen molar-refractivity contribution in [1.29, 1.82) is 0 Å². The van der Waals surface area contributed by atoms with E-state index in [0.717, 1.165) is 29.3 Å². The molecule has 0 fully saturated rings. The van der Waals surface area contributed by atoms with Gasteiger partial charge in [0.25, 0.3) is 0 Å². The third-order valence-electron chi connectivity index (χ3n) is 2.75. The molecule has 0 aliphatic heterocycles. The van der Waals surface area contributed by atoms with Gasteiger partial charge in [0.1, 0.15) is 5.82 Å². The lowest BCUT2D eigenvalue weighted by molar-refractivity contribution is -0.114. The first-order valence-corrected chi connectivity index (χ1v) is 8.22. The first-order chi connectivity index (χ1) is 11.5. The van der Waals surface area contributed by atoms with Crippen LogP contribution in [0.1, 0.15) is 39.7 Å². The van der Waals surface area contributed by atoms with Crippen LogP contribution in [-0.2, 0) is 4.79 Å². The van der Waals surface area contributed by atoms with Crippen LogP contribution in [0.15, 0.2) is 30.5 Å². The Morgan fingerprint density at radius 1 is 1.17 bits per heavy atom. The van der Waals surface area contributed by atoms with Crippen molar-refractivity contribution in [1.82, 2.24) is 9.97 Å². The lowest BCUT2D eigenvalue weighted by Crippen LogP contribution is -2.07. The lowest BCUT2D eigenvalue weighted by atomic mass is 10.2. The average molecular weight is 329 g/mol. The Morgan fingerprint density at radius 3 is 2.46 bits per heavy atom. The molecular weight excluding hydrogens is 302 g/mol. The molecular formula is C18H27N5O. The summed E-state index contributed by atoms with van der Waals surface area (Å²) in [6.45, 7) is 10.4. The van der Waals surface area contributed by atoms with Crippen LogP contribution >= 0.6 is 0 Å². The first-order valence-electron chi connectivity index (χ1n) is 8.22. The Morgan fingerprint density at radius 2 is 1.83 bits per heavy atom. The number of benzene rings is 1. The quantitative estimate of drug-likeness (QED) is 0.760. The van der Waals surface area contributed by atoms with Crippen LogP contribution in [0.4, 0.5) is 23.1 Å². The van der Waals surface area contributed by atoms with Gasteiger partial charge in [-0.15, -0.1) is 0 Å². The number of aromatic nitrogens is 2. The number of carbonyl (C=O) groups is 1. The van der Waals surface area contributed by atoms with Crippen LogP contribution < -0.4 is 16.0 Å². The number of hydrogen-bond acceptors (Lipinski definition) is 5. The first kappa shape index (κ1) is 19.4. The molecule has 0 aliphatic rings. The smallest absolute Gasteiger partial charge is 0.224 e. The third-order valence-corrected chi connectivity index (χ3v) is 2.75. The van der Waals surface area contributed by atoms with E-state index in [4.69, 9.17) is 0 Å². The van der Waals surface area contributed by atoms with E-state index < -0.39 is 0 Å². The predicted octanol–water partition coefficient (Wildman–Crippen LogP) is 4.34. The Labute approximate surface area is 144 Å². The second-order valence-corrected chi connectivity index (χ2v) is 5.35. The SMILES string of the molecule is CCC.CCNc1ncc(C)c(Nc2cccc(NC(C)=O)c2)n1. The Bertz CT molecular complexity index is 658. The molecule has 0 atom stereocenters. The maximum atomic E-state index is 11.1. The number of nitrogens with zero attached hydrogens (tertiary/aromatic N) is 2. The fraction of sp³-hybridized carbons (Fsp3) is 0.389. The molecule has 24 heavy (non-hydrogen) atoms. The largest absolute Gasteiger partial charge is 0.354 e. The number of nitrogens with one attached hydrogen (secondary N) is 3. The van der Waals surface area contributed by atoms with Gasteiger partial charge in [-0.1, -0.05) is 26.3 Å². The second kappa shape index (κ2) is 10.2. The molecule has 6 heteroatoms. The molecule has 1 aromatic carbocycles. The van der Waals surface area contributed by atoms with Gasteiger partial charge in [-0.2, -0.15) is 4.98 Å². The minimum Gasteiger partial charge on any atom is -0.354 e. The van der Waals surface area contributed by atoms with Gasteiger partial charge >= 0.3 is 0 Å². The molecule has 1 aromatic heterocycles. The number of carbonyl (C=O) groups excluding carboxylic acids is 1. The zero-order valence-corrected chi connectivity index (χ0v) is 15.1. The highest BCUT2D eigenvalue weighted by Crippen LogP contribution is 2.21. The van der Waals surface area contributed by atoms with Crippen molar-refractivity contribution in [3.8, 4) is 0 Å². The second-order valence-electron chi connectivity index (χ2n) is 5.35. The molecule has 2 rings (SSSR count). The van der Waals surface area contributed by atoms with Crippen molar-refractivity contribution in [2.24, 2.45) is 0 Å². The Hall–Kier alpha value is -2.63. The topological polar surface area (TPSA) is 78.9 Å². The van der Waals surface area contributed by atoms with Gasteiger partial charge in [-0.25, -0.2) is 4.98 Å². The van der Waals surface area contributed by atoms with E-state index in [0.29, 0.717) is 5.95 Å². The molecule has 0 unspecified atom stereocenters. The van der Waals surface area contributed by atoms with E-state index in [1.807, 2.05) is 38.1 Å². The van der Waals surface area contributed by atoms with Crippen LogP contribution in [0.25, 0.3) is 0 Å². The molecule has 0 aliphatic carbocycles. The van der Waals surface area contributed by atoms with Crippen LogP contribution in [0.5, 0.6) is 0 Å². The van der Waals surface area contributed by atoms with Gasteiger partial charge in [0.2, 0.25) is 11.9 Å². The summed E-state index contributed by atoms with van der Waals surface area (Å²) < 4.78 is 0. The standard InChI is InChI=1S/C15H19N5O.C3H8/c1-4-16-15-17-9-10(2)14(20-15)19-13-7-5-6-12(8-13)18-11(3)21;1-3-2/h5-9H,4H2,1-3H3,(H,18,21)(H2,16,17,19,20);3H2,1-2H3. The molecule has 0 saturated carbocycles. The van der Waals surface area contributed by atoms with Gasteiger partial charge in [-0.05, 0) is 32.0 Å². The minimum absolute atomic E-state index is 0.0974. The maximum Gasteiger partial charge on any atom is 0.224 e. The molecule has 0 radical (unpaired) electrons. The monoisotopic (exact) mass is 329 g/mol. The van der Waals surface area contributed by atoms with E-state index in [9.17, 15) is 4.79 Å². The van der Waals surface area contributed by atoms with Crippen molar-refractivity contribution < 1.29 is 4.79 Å². The van der Waals surface area contributed by atoms with Gasteiger partial charge in [0, 0.05) is 36.6 Å². The predicted molar refractivity (Wildman–Crippen MR) is 101 cm³/mol. The van der Waals surface area contributed by atoms with Gasteiger partial charge in [-0.3, -0.25) is 4.79 Å². The summed E-state index contributed by atoms with van der Waals surface area (Å²) in [5, 5.41) is 9.07. The average Bonchev–Trinajstić information content (AvgIpc) is 2.51. The zero-order valence-electron chi connectivity index (χ0n) is 15.1. The Kier molecular flexibility index (Phi) is 8.25. The Balaban J connectivity index is 0.000000891. The summed E-state index contributed by atoms with van der Waals surface area (Å²) in [7, 11) is 0. The molecule has 6 nitrogen and oxygen atoms in total. The summed E-state index contributed by atoms with van der Waals surface area (Å²) in [6, 6.07) is 7.48. The molecule has 0 saturated heterocycles. The van der Waals surface area contributed by atoms with Gasteiger partial charge in [0.05, 0.1) is 0 Å². The van der Waals surface area contributed by atoms with E-state index >= 15 is 0 Å². The normalized spacial score (nSPS) is 9.54. The number of aryl methyl sites for hydroxylation is 1. The van der Waals surface area contributed by atoms with Crippen molar-refractivity contribution in [2.45, 2.75) is 41.0 Å². The van der Waals surface area contributed by atoms with Crippen LogP contribution in [0.2, 0.25) is 0 Å². The zero-order chi connectivity index (χ0) is 17.9. The van der Waals surface area contributed by atoms with E-state index in [1.165, 1.54) is 13.3 Å². The summed E-state index contributed by atoms with van der Waals surface area (Å²) in [5.41, 5.74) is 2.54. The fourth-order valence-corrected chi connectivity index (χ4v) is 1.83. The maximum absolute atomic E-state index is 11.1. The minimum atomic E-state index is -0.0974. The molecule has 130 valence electrons. The summed E-state index contributed by atoms with van der Waals surface area (Å²) in [4.78, 5) is 19.7. The highest BCUT2D eigenvalue weighted by molar-refractivity contribution is 5.89. The molecule has 2 aromatic rings.